The van der Waals surface area contributed by atoms with E-state index in [2.05, 4.69) is 50.2 Å². The number of nitrogens with zero attached hydrogens (tertiary/aromatic N) is 1. The van der Waals surface area contributed by atoms with Gasteiger partial charge in [0.25, 0.3) is 0 Å². The first kappa shape index (κ1) is 29.1. The van der Waals surface area contributed by atoms with E-state index < -0.39 is 5.92 Å². The molecule has 3 aromatic rings. The molecule has 204 valence electrons. The smallest absolute Gasteiger partial charge is 0.309 e. The lowest BCUT2D eigenvalue weighted by molar-refractivity contribution is -0.146. The zero-order valence-corrected chi connectivity index (χ0v) is 24.8. The molecule has 0 unspecified atom stereocenters. The Hall–Kier alpha value is -2.86. The number of halogens is 1. The van der Waals surface area contributed by atoms with E-state index in [0.29, 0.717) is 17.0 Å². The Morgan fingerprint density at radius 1 is 0.974 bits per heavy atom. The van der Waals surface area contributed by atoms with E-state index in [0.717, 1.165) is 16.0 Å². The van der Waals surface area contributed by atoms with E-state index in [1.807, 2.05) is 66.7 Å². The van der Waals surface area contributed by atoms with Gasteiger partial charge in [0.05, 0.1) is 19.1 Å². The number of benzene rings is 3. The molecule has 6 heteroatoms. The van der Waals surface area contributed by atoms with Crippen molar-refractivity contribution in [2.24, 2.45) is 11.3 Å². The van der Waals surface area contributed by atoms with E-state index in [-0.39, 0.29) is 35.7 Å². The molecule has 3 atom stereocenters. The molecule has 0 saturated carbocycles. The number of Topliss-reactive ketones (excluding diaryl/α,β-unsaturated/α-hetero) is 1. The molecule has 1 aliphatic rings. The standard InChI is InChI=1S/C33H36ClNO3S/c1-22-11-9-10-14-29(22)39-35-30(33(2,3)4)21-27(31(35)24-15-17-26(34)18-16-24)28(36)20-25(32(37)38-5)19-23-12-7-6-8-13-23/h6-18,21,25,30-31H,19-20H2,1-5H3/t25-,30+,31+/m1/s1. The summed E-state index contributed by atoms with van der Waals surface area (Å²) in [5.41, 5.74) is 3.73. The number of aryl methyl sites for hydroxylation is 1. The molecule has 4 rings (SSSR count). The second kappa shape index (κ2) is 12.5. The topological polar surface area (TPSA) is 46.6 Å². The van der Waals surface area contributed by atoms with Gasteiger partial charge >= 0.3 is 5.97 Å². The summed E-state index contributed by atoms with van der Waals surface area (Å²) < 4.78 is 7.46. The van der Waals surface area contributed by atoms with Crippen LogP contribution in [0.5, 0.6) is 0 Å². The molecule has 0 N–H and O–H groups in total. The average molecular weight is 562 g/mol. The summed E-state index contributed by atoms with van der Waals surface area (Å²) in [6.07, 6.45) is 2.64. The van der Waals surface area contributed by atoms with Crippen molar-refractivity contribution >= 4 is 35.3 Å². The highest BCUT2D eigenvalue weighted by Gasteiger charge is 2.44. The Morgan fingerprint density at radius 2 is 1.62 bits per heavy atom. The van der Waals surface area contributed by atoms with Crippen LogP contribution in [0.3, 0.4) is 0 Å². The number of ketones is 1. The van der Waals surface area contributed by atoms with Crippen LogP contribution in [0.25, 0.3) is 0 Å². The Labute approximate surface area is 241 Å². The lowest BCUT2D eigenvalue weighted by Gasteiger charge is -2.37. The Morgan fingerprint density at radius 3 is 2.23 bits per heavy atom. The van der Waals surface area contributed by atoms with Crippen LogP contribution in [0.4, 0.5) is 0 Å². The first-order valence-electron chi connectivity index (χ1n) is 13.2. The first-order valence-corrected chi connectivity index (χ1v) is 14.4. The number of carbonyl (C=O) groups excluding carboxylic acids is 2. The fraction of sp³-hybridized carbons (Fsp3) is 0.333. The molecule has 0 aromatic heterocycles. The van der Waals surface area contributed by atoms with Gasteiger partial charge < -0.3 is 4.74 Å². The van der Waals surface area contributed by atoms with Gasteiger partial charge in [0, 0.05) is 28.0 Å². The van der Waals surface area contributed by atoms with Crippen LogP contribution in [0.15, 0.2) is 95.4 Å². The van der Waals surface area contributed by atoms with Gasteiger partial charge in [0.2, 0.25) is 0 Å². The van der Waals surface area contributed by atoms with Gasteiger partial charge in [0.1, 0.15) is 0 Å². The molecule has 0 amide bonds. The predicted octanol–water partition coefficient (Wildman–Crippen LogP) is 8.04. The van der Waals surface area contributed by atoms with E-state index in [1.165, 1.54) is 12.7 Å². The lowest BCUT2D eigenvalue weighted by atomic mass is 9.86. The third-order valence-corrected chi connectivity index (χ3v) is 8.70. The maximum absolute atomic E-state index is 14.1. The van der Waals surface area contributed by atoms with Crippen LogP contribution in [-0.2, 0) is 20.7 Å². The Balaban J connectivity index is 1.73. The van der Waals surface area contributed by atoms with Gasteiger partial charge in [0.15, 0.2) is 5.78 Å². The van der Waals surface area contributed by atoms with E-state index in [9.17, 15) is 9.59 Å². The van der Waals surface area contributed by atoms with Crippen molar-refractivity contribution in [1.82, 2.24) is 4.31 Å². The number of hydrogen-bond donors (Lipinski definition) is 0. The summed E-state index contributed by atoms with van der Waals surface area (Å²) >= 11 is 7.93. The van der Waals surface area contributed by atoms with Crippen molar-refractivity contribution in [3.05, 3.63) is 112 Å². The zero-order valence-electron chi connectivity index (χ0n) is 23.2. The second-order valence-corrected chi connectivity index (χ2v) is 12.6. The van der Waals surface area contributed by atoms with Crippen molar-refractivity contribution in [2.75, 3.05) is 7.11 Å². The van der Waals surface area contributed by atoms with Crippen molar-refractivity contribution in [2.45, 2.75) is 57.5 Å². The van der Waals surface area contributed by atoms with E-state index >= 15 is 0 Å². The third kappa shape index (κ3) is 7.02. The molecule has 0 saturated heterocycles. The number of carbonyl (C=O) groups is 2. The number of ether oxygens (including phenoxy) is 1. The number of rotatable bonds is 9. The van der Waals surface area contributed by atoms with Crippen LogP contribution in [0.2, 0.25) is 5.02 Å². The highest BCUT2D eigenvalue weighted by molar-refractivity contribution is 7.97. The van der Waals surface area contributed by atoms with E-state index in [4.69, 9.17) is 16.3 Å². The third-order valence-electron chi connectivity index (χ3n) is 7.14. The molecule has 3 aromatic carbocycles. The Bertz CT molecular complexity index is 1330. The van der Waals surface area contributed by atoms with Crippen molar-refractivity contribution in [3.63, 3.8) is 0 Å². The highest BCUT2D eigenvalue weighted by Crippen LogP contribution is 2.49. The normalized spacial score (nSPS) is 18.5. The molecule has 0 bridgehead atoms. The van der Waals surface area contributed by atoms with Crippen LogP contribution < -0.4 is 0 Å². The minimum atomic E-state index is -0.567. The fourth-order valence-corrected chi connectivity index (χ4v) is 6.54. The molecular weight excluding hydrogens is 526 g/mol. The number of hydrogen-bond acceptors (Lipinski definition) is 5. The monoisotopic (exact) mass is 561 g/mol. The summed E-state index contributed by atoms with van der Waals surface area (Å²) in [7, 11) is 1.38. The summed E-state index contributed by atoms with van der Waals surface area (Å²) in [5.74, 6) is -0.974. The maximum atomic E-state index is 14.1. The second-order valence-electron chi connectivity index (χ2n) is 11.1. The minimum Gasteiger partial charge on any atom is -0.469 e. The molecule has 39 heavy (non-hydrogen) atoms. The maximum Gasteiger partial charge on any atom is 0.309 e. The number of esters is 1. The van der Waals surface area contributed by atoms with Gasteiger partial charge in [-0.15, -0.1) is 0 Å². The van der Waals surface area contributed by atoms with Gasteiger partial charge in [-0.25, -0.2) is 4.31 Å². The summed E-state index contributed by atoms with van der Waals surface area (Å²) in [6.45, 7) is 8.68. The number of methoxy groups -OCH3 is 1. The molecule has 0 spiro atoms. The quantitative estimate of drug-likeness (QED) is 0.195. The molecule has 0 radical (unpaired) electrons. The van der Waals surface area contributed by atoms with Crippen molar-refractivity contribution in [1.29, 1.82) is 0 Å². The SMILES string of the molecule is COC(=O)[C@@H](CC(=O)C1=C[C@@H](C(C)(C)C)N(Sc2ccccc2C)[C@H]1c1ccc(Cl)cc1)Cc1ccccc1. The fourth-order valence-electron chi connectivity index (χ4n) is 5.01. The van der Waals surface area contributed by atoms with Crippen molar-refractivity contribution < 1.29 is 14.3 Å². The first-order chi connectivity index (χ1) is 18.6. The molecule has 0 aliphatic carbocycles. The zero-order chi connectivity index (χ0) is 28.2. The van der Waals surface area contributed by atoms with Gasteiger partial charge in [-0.1, -0.05) is 99.1 Å². The summed E-state index contributed by atoms with van der Waals surface area (Å²) in [6, 6.07) is 25.5. The largest absolute Gasteiger partial charge is 0.469 e. The summed E-state index contributed by atoms with van der Waals surface area (Å²) in [4.78, 5) is 28.1. The highest BCUT2D eigenvalue weighted by atomic mass is 35.5. The molecule has 1 heterocycles. The molecule has 4 nitrogen and oxygen atoms in total. The lowest BCUT2D eigenvalue weighted by Crippen LogP contribution is -2.37. The van der Waals surface area contributed by atoms with Crippen molar-refractivity contribution in [3.8, 4) is 0 Å². The molecule has 1 aliphatic heterocycles. The average Bonchev–Trinajstić information content (AvgIpc) is 3.30. The van der Waals surface area contributed by atoms with Crippen LogP contribution in [-0.4, -0.2) is 29.2 Å². The van der Waals surface area contributed by atoms with Crippen LogP contribution >= 0.6 is 23.5 Å². The molecular formula is C33H36ClNO3S. The van der Waals surface area contributed by atoms with Gasteiger partial charge in [-0.05, 0) is 65.6 Å². The molecule has 0 fully saturated rings. The predicted molar refractivity (Wildman–Crippen MR) is 160 cm³/mol. The van der Waals surface area contributed by atoms with Crippen LogP contribution in [0, 0.1) is 18.3 Å². The van der Waals surface area contributed by atoms with Gasteiger partial charge in [-0.3, -0.25) is 9.59 Å². The van der Waals surface area contributed by atoms with Gasteiger partial charge in [-0.2, -0.15) is 0 Å². The minimum absolute atomic E-state index is 0.0209. The van der Waals surface area contributed by atoms with Crippen LogP contribution in [0.1, 0.15) is 49.9 Å². The summed E-state index contributed by atoms with van der Waals surface area (Å²) in [5, 5.41) is 0.646. The van der Waals surface area contributed by atoms with E-state index in [1.54, 1.807) is 11.9 Å². The Kier molecular flexibility index (Phi) is 9.37.